The van der Waals surface area contributed by atoms with Crippen molar-refractivity contribution >= 4 is 23.4 Å². The number of benzene rings is 1. The molecule has 1 atom stereocenters. The van der Waals surface area contributed by atoms with E-state index in [1.165, 1.54) is 0 Å². The minimum absolute atomic E-state index is 0.0324. The summed E-state index contributed by atoms with van der Waals surface area (Å²) in [6.45, 7) is 4.25. The summed E-state index contributed by atoms with van der Waals surface area (Å²) in [6.07, 6.45) is 2.93. The summed E-state index contributed by atoms with van der Waals surface area (Å²) in [5.41, 5.74) is 0. The Morgan fingerprint density at radius 2 is 2.25 bits per heavy atom. The number of amides is 2. The lowest BCUT2D eigenvalue weighted by molar-refractivity contribution is -0.136. The van der Waals surface area contributed by atoms with Crippen molar-refractivity contribution in [1.82, 2.24) is 10.2 Å². The molecule has 1 fully saturated rings. The highest BCUT2D eigenvalue weighted by Gasteiger charge is 2.27. The minimum Gasteiger partial charge on any atom is -0.493 e. The molecule has 1 saturated heterocycles. The van der Waals surface area contributed by atoms with Crippen LogP contribution in [0.1, 0.15) is 32.6 Å². The molecule has 0 bridgehead atoms. The highest BCUT2D eigenvalue weighted by atomic mass is 35.5. The summed E-state index contributed by atoms with van der Waals surface area (Å²) in [5.74, 6) is 0.656. The smallest absolute Gasteiger partial charge is 0.226 e. The van der Waals surface area contributed by atoms with Crippen molar-refractivity contribution < 1.29 is 14.3 Å². The molecule has 1 heterocycles. The second-order valence-electron chi connectivity index (χ2n) is 6.03. The highest BCUT2D eigenvalue weighted by Crippen LogP contribution is 2.19. The molecular weight excluding hydrogens is 328 g/mol. The zero-order valence-corrected chi connectivity index (χ0v) is 14.8. The van der Waals surface area contributed by atoms with E-state index in [-0.39, 0.29) is 17.7 Å². The van der Waals surface area contributed by atoms with Gasteiger partial charge in [0.25, 0.3) is 0 Å². The van der Waals surface area contributed by atoms with Gasteiger partial charge in [-0.25, -0.2) is 0 Å². The van der Waals surface area contributed by atoms with E-state index in [4.69, 9.17) is 16.3 Å². The second kappa shape index (κ2) is 9.52. The van der Waals surface area contributed by atoms with Crippen molar-refractivity contribution in [3.8, 4) is 5.75 Å². The van der Waals surface area contributed by atoms with E-state index in [1.807, 2.05) is 19.1 Å². The van der Waals surface area contributed by atoms with Crippen LogP contribution >= 0.6 is 11.6 Å². The Kier molecular flexibility index (Phi) is 7.37. The predicted molar refractivity (Wildman–Crippen MR) is 94.2 cm³/mol. The van der Waals surface area contributed by atoms with Crippen molar-refractivity contribution in [2.75, 3.05) is 26.2 Å². The van der Waals surface area contributed by atoms with Crippen molar-refractivity contribution in [2.45, 2.75) is 32.6 Å². The van der Waals surface area contributed by atoms with Crippen LogP contribution in [0, 0.1) is 5.92 Å². The lowest BCUT2D eigenvalue weighted by Crippen LogP contribution is -2.45. The van der Waals surface area contributed by atoms with Crippen LogP contribution in [0.4, 0.5) is 0 Å². The quantitative estimate of drug-likeness (QED) is 0.820. The Balaban J connectivity index is 1.76. The topological polar surface area (TPSA) is 58.6 Å². The Labute approximate surface area is 148 Å². The molecule has 0 spiro atoms. The van der Waals surface area contributed by atoms with Crippen LogP contribution < -0.4 is 10.1 Å². The van der Waals surface area contributed by atoms with Gasteiger partial charge in [0.05, 0.1) is 18.9 Å². The summed E-state index contributed by atoms with van der Waals surface area (Å²) in [6, 6.07) is 7.12. The third kappa shape index (κ3) is 5.71. The number of carbonyl (C=O) groups excluding carboxylic acids is 2. The Morgan fingerprint density at radius 1 is 1.42 bits per heavy atom. The number of piperidine rings is 1. The maximum Gasteiger partial charge on any atom is 0.226 e. The van der Waals surface area contributed by atoms with E-state index in [1.54, 1.807) is 17.0 Å². The summed E-state index contributed by atoms with van der Waals surface area (Å²) in [7, 11) is 0. The molecule has 1 aromatic rings. The molecule has 1 N–H and O–H groups in total. The molecule has 5 nitrogen and oxygen atoms in total. The third-order valence-corrected chi connectivity index (χ3v) is 4.31. The number of hydrogen-bond acceptors (Lipinski definition) is 3. The van der Waals surface area contributed by atoms with Crippen LogP contribution in [0.15, 0.2) is 24.3 Å². The fraction of sp³-hybridized carbons (Fsp3) is 0.556. The first-order valence-corrected chi connectivity index (χ1v) is 8.91. The number of nitrogens with zero attached hydrogens (tertiary/aromatic N) is 1. The Bertz CT molecular complexity index is 565. The number of halogens is 1. The van der Waals surface area contributed by atoms with Crippen molar-refractivity contribution in [3.63, 3.8) is 0 Å². The van der Waals surface area contributed by atoms with E-state index < -0.39 is 0 Å². The average molecular weight is 353 g/mol. The van der Waals surface area contributed by atoms with E-state index in [0.29, 0.717) is 43.4 Å². The molecule has 1 aliphatic rings. The van der Waals surface area contributed by atoms with Gasteiger partial charge in [-0.2, -0.15) is 0 Å². The summed E-state index contributed by atoms with van der Waals surface area (Å²) >= 11 is 5.90. The molecular formula is C18H25ClN2O3. The molecule has 0 radical (unpaired) electrons. The summed E-state index contributed by atoms with van der Waals surface area (Å²) in [5, 5.41) is 3.52. The first-order chi connectivity index (χ1) is 11.6. The standard InChI is InChI=1S/C18H25ClN2O3/c1-2-9-20-18(23)14-5-4-10-21(13-14)17(22)8-11-24-16-7-3-6-15(19)12-16/h3,6-7,12,14H,2,4-5,8-11,13H2,1H3,(H,20,23). The average Bonchev–Trinajstić information content (AvgIpc) is 2.59. The largest absolute Gasteiger partial charge is 0.493 e. The molecule has 2 rings (SSSR count). The van der Waals surface area contributed by atoms with Gasteiger partial charge in [0.1, 0.15) is 5.75 Å². The molecule has 0 aliphatic carbocycles. The van der Waals surface area contributed by atoms with E-state index in [0.717, 1.165) is 19.3 Å². The van der Waals surface area contributed by atoms with Crippen LogP contribution in [0.2, 0.25) is 5.02 Å². The lowest BCUT2D eigenvalue weighted by atomic mass is 9.97. The molecule has 0 saturated carbocycles. The van der Waals surface area contributed by atoms with Gasteiger partial charge < -0.3 is 15.0 Å². The zero-order chi connectivity index (χ0) is 17.4. The van der Waals surface area contributed by atoms with Crippen molar-refractivity contribution in [2.24, 2.45) is 5.92 Å². The highest BCUT2D eigenvalue weighted by molar-refractivity contribution is 6.30. The molecule has 2 amide bonds. The number of ether oxygens (including phenoxy) is 1. The zero-order valence-electron chi connectivity index (χ0n) is 14.1. The summed E-state index contributed by atoms with van der Waals surface area (Å²) < 4.78 is 5.56. The summed E-state index contributed by atoms with van der Waals surface area (Å²) in [4.78, 5) is 26.2. The second-order valence-corrected chi connectivity index (χ2v) is 6.46. The van der Waals surface area contributed by atoms with Crippen LogP contribution in [0.5, 0.6) is 5.75 Å². The Hall–Kier alpha value is -1.75. The van der Waals surface area contributed by atoms with Gasteiger partial charge in [0.2, 0.25) is 11.8 Å². The molecule has 132 valence electrons. The Morgan fingerprint density at radius 3 is 3.00 bits per heavy atom. The van der Waals surface area contributed by atoms with Gasteiger partial charge >= 0.3 is 0 Å². The van der Waals surface area contributed by atoms with Gasteiger partial charge in [-0.1, -0.05) is 24.6 Å². The molecule has 0 aromatic heterocycles. The number of likely N-dealkylation sites (tertiary alicyclic amines) is 1. The first kappa shape index (κ1) is 18.6. The predicted octanol–water partition coefficient (Wildman–Crippen LogP) is 2.87. The monoisotopic (exact) mass is 352 g/mol. The number of rotatable bonds is 7. The van der Waals surface area contributed by atoms with E-state index >= 15 is 0 Å². The fourth-order valence-electron chi connectivity index (χ4n) is 2.78. The van der Waals surface area contributed by atoms with Crippen LogP contribution in [0.3, 0.4) is 0 Å². The maximum absolute atomic E-state index is 12.3. The first-order valence-electron chi connectivity index (χ1n) is 8.54. The SMILES string of the molecule is CCCNC(=O)C1CCCN(C(=O)CCOc2cccc(Cl)c2)C1. The minimum atomic E-state index is -0.0944. The van der Waals surface area contributed by atoms with Crippen molar-refractivity contribution in [3.05, 3.63) is 29.3 Å². The van der Waals surface area contributed by atoms with Gasteiger partial charge in [-0.15, -0.1) is 0 Å². The molecule has 1 aromatic carbocycles. The van der Waals surface area contributed by atoms with Gasteiger partial charge in [-0.3, -0.25) is 9.59 Å². The van der Waals surface area contributed by atoms with Crippen LogP contribution in [-0.4, -0.2) is 43.0 Å². The van der Waals surface area contributed by atoms with E-state index in [9.17, 15) is 9.59 Å². The van der Waals surface area contributed by atoms with Crippen LogP contribution in [0.25, 0.3) is 0 Å². The maximum atomic E-state index is 12.3. The van der Waals surface area contributed by atoms with E-state index in [2.05, 4.69) is 5.32 Å². The van der Waals surface area contributed by atoms with Gasteiger partial charge in [-0.05, 0) is 37.5 Å². The normalized spacial score (nSPS) is 17.4. The van der Waals surface area contributed by atoms with Gasteiger partial charge in [0, 0.05) is 24.7 Å². The number of hydrogen-bond donors (Lipinski definition) is 1. The molecule has 24 heavy (non-hydrogen) atoms. The molecule has 6 heteroatoms. The fourth-order valence-corrected chi connectivity index (χ4v) is 2.96. The van der Waals surface area contributed by atoms with Crippen LogP contribution in [-0.2, 0) is 9.59 Å². The van der Waals surface area contributed by atoms with Gasteiger partial charge in [0.15, 0.2) is 0 Å². The molecule has 1 aliphatic heterocycles. The number of carbonyl (C=O) groups is 2. The number of nitrogens with one attached hydrogen (secondary N) is 1. The third-order valence-electron chi connectivity index (χ3n) is 4.07. The molecule has 1 unspecified atom stereocenters. The lowest BCUT2D eigenvalue weighted by Gasteiger charge is -2.32. The van der Waals surface area contributed by atoms with Crippen molar-refractivity contribution in [1.29, 1.82) is 0 Å².